The van der Waals surface area contributed by atoms with Crippen LogP contribution in [-0.2, 0) is 5.41 Å². The summed E-state index contributed by atoms with van der Waals surface area (Å²) in [6, 6.07) is 18.2. The Kier molecular flexibility index (Phi) is 6.78. The number of likely N-dealkylation sites (N-methyl/N-ethyl adjacent to an activating group) is 1. The first-order valence-corrected chi connectivity index (χ1v) is 9.76. The molecule has 1 atom stereocenters. The molecule has 0 saturated carbocycles. The molecule has 0 bridgehead atoms. The molecule has 1 aliphatic heterocycles. The zero-order chi connectivity index (χ0) is 19.8. The lowest BCUT2D eigenvalue weighted by molar-refractivity contribution is 0.212. The molecule has 2 aromatic rings. The molecule has 5 nitrogen and oxygen atoms in total. The lowest BCUT2D eigenvalue weighted by Gasteiger charge is -2.33. The number of hydrogen-bond acceptors (Lipinski definition) is 5. The van der Waals surface area contributed by atoms with Gasteiger partial charge in [-0.3, -0.25) is 0 Å². The van der Waals surface area contributed by atoms with Crippen molar-refractivity contribution in [1.29, 1.82) is 5.26 Å². The molecule has 0 aromatic heterocycles. The second-order valence-corrected chi connectivity index (χ2v) is 7.19. The van der Waals surface area contributed by atoms with Crippen molar-refractivity contribution < 1.29 is 14.2 Å². The van der Waals surface area contributed by atoms with Crippen LogP contribution >= 0.6 is 0 Å². The van der Waals surface area contributed by atoms with Crippen LogP contribution in [0.1, 0.15) is 24.8 Å². The summed E-state index contributed by atoms with van der Waals surface area (Å²) in [6.45, 7) is 2.93. The average Bonchev–Trinajstić information content (AvgIpc) is 2.74. The third-order valence-corrected chi connectivity index (χ3v) is 5.35. The summed E-state index contributed by atoms with van der Waals surface area (Å²) in [7, 11) is 3.73. The van der Waals surface area contributed by atoms with Crippen molar-refractivity contribution in [3.8, 4) is 23.3 Å². The minimum absolute atomic E-state index is 0.441. The molecule has 28 heavy (non-hydrogen) atoms. The summed E-state index contributed by atoms with van der Waals surface area (Å²) in [4.78, 5) is 2.24. The highest BCUT2D eigenvalue weighted by Gasteiger charge is 2.37. The summed E-state index contributed by atoms with van der Waals surface area (Å²) < 4.78 is 16.9. The first kappa shape index (κ1) is 20.0. The van der Waals surface area contributed by atoms with Crippen LogP contribution in [0.3, 0.4) is 0 Å². The van der Waals surface area contributed by atoms with Gasteiger partial charge in [0, 0.05) is 18.5 Å². The largest absolute Gasteiger partial charge is 0.493 e. The van der Waals surface area contributed by atoms with E-state index in [9.17, 15) is 5.26 Å². The predicted octanol–water partition coefficient (Wildman–Crippen LogP) is 4.03. The van der Waals surface area contributed by atoms with Crippen molar-refractivity contribution in [3.05, 3.63) is 54.1 Å². The van der Waals surface area contributed by atoms with Gasteiger partial charge in [0.25, 0.3) is 0 Å². The smallest absolute Gasteiger partial charge is 0.161 e. The maximum atomic E-state index is 9.92. The lowest BCUT2D eigenvalue weighted by Crippen LogP contribution is -2.33. The Bertz CT molecular complexity index is 817. The van der Waals surface area contributed by atoms with Crippen molar-refractivity contribution >= 4 is 0 Å². The van der Waals surface area contributed by atoms with Crippen molar-refractivity contribution in [1.82, 2.24) is 4.90 Å². The SMILES string of the molecule is COc1ccccc1OCCN(C)CCCC1(C#N)CCOc2ccccc21. The van der Waals surface area contributed by atoms with Gasteiger partial charge in [0.05, 0.1) is 25.2 Å². The van der Waals surface area contributed by atoms with E-state index in [2.05, 4.69) is 18.0 Å². The predicted molar refractivity (Wildman–Crippen MR) is 109 cm³/mol. The fourth-order valence-electron chi connectivity index (χ4n) is 3.70. The minimum atomic E-state index is -0.441. The molecule has 3 rings (SSSR count). The fourth-order valence-corrected chi connectivity index (χ4v) is 3.70. The van der Waals surface area contributed by atoms with Gasteiger partial charge in [-0.15, -0.1) is 0 Å². The number of rotatable bonds is 9. The number of para-hydroxylation sites is 3. The molecule has 5 heteroatoms. The maximum absolute atomic E-state index is 9.92. The van der Waals surface area contributed by atoms with Gasteiger partial charge in [0.15, 0.2) is 11.5 Å². The normalized spacial score (nSPS) is 18.1. The van der Waals surface area contributed by atoms with E-state index < -0.39 is 5.41 Å². The molecule has 0 N–H and O–H groups in total. The number of nitrogens with zero attached hydrogens (tertiary/aromatic N) is 2. The molecule has 0 amide bonds. The van der Waals surface area contributed by atoms with Gasteiger partial charge in [-0.05, 0) is 44.6 Å². The van der Waals surface area contributed by atoms with Crippen LogP contribution in [0.4, 0.5) is 0 Å². The number of methoxy groups -OCH3 is 1. The van der Waals surface area contributed by atoms with Gasteiger partial charge in [-0.1, -0.05) is 30.3 Å². The van der Waals surface area contributed by atoms with Gasteiger partial charge in [-0.2, -0.15) is 5.26 Å². The van der Waals surface area contributed by atoms with Crippen molar-refractivity contribution in [2.45, 2.75) is 24.7 Å². The molecule has 1 aliphatic rings. The summed E-state index contributed by atoms with van der Waals surface area (Å²) in [5.74, 6) is 2.37. The van der Waals surface area contributed by atoms with E-state index in [1.165, 1.54) is 0 Å². The molecular formula is C23H28N2O3. The summed E-state index contributed by atoms with van der Waals surface area (Å²) in [6.07, 6.45) is 2.54. The van der Waals surface area contributed by atoms with Gasteiger partial charge < -0.3 is 19.1 Å². The lowest BCUT2D eigenvalue weighted by atomic mass is 9.74. The number of hydrogen-bond donors (Lipinski definition) is 0. The molecule has 148 valence electrons. The van der Waals surface area contributed by atoms with Crippen LogP contribution in [-0.4, -0.2) is 45.4 Å². The Morgan fingerprint density at radius 2 is 1.86 bits per heavy atom. The van der Waals surface area contributed by atoms with E-state index in [1.807, 2.05) is 48.5 Å². The Balaban J connectivity index is 1.47. The minimum Gasteiger partial charge on any atom is -0.493 e. The molecule has 0 radical (unpaired) electrons. The van der Waals surface area contributed by atoms with E-state index in [0.717, 1.165) is 55.2 Å². The molecular weight excluding hydrogens is 352 g/mol. The Morgan fingerprint density at radius 1 is 1.11 bits per heavy atom. The zero-order valence-electron chi connectivity index (χ0n) is 16.7. The number of benzene rings is 2. The van der Waals surface area contributed by atoms with Crippen LogP contribution in [0.25, 0.3) is 0 Å². The summed E-state index contributed by atoms with van der Waals surface area (Å²) in [5.41, 5.74) is 0.592. The maximum Gasteiger partial charge on any atom is 0.161 e. The second-order valence-electron chi connectivity index (χ2n) is 7.19. The fraction of sp³-hybridized carbons (Fsp3) is 0.435. The summed E-state index contributed by atoms with van der Waals surface area (Å²) >= 11 is 0. The highest BCUT2D eigenvalue weighted by molar-refractivity contribution is 5.45. The van der Waals surface area contributed by atoms with Crippen molar-refractivity contribution in [2.24, 2.45) is 0 Å². The topological polar surface area (TPSA) is 54.7 Å². The third-order valence-electron chi connectivity index (χ3n) is 5.35. The summed E-state index contributed by atoms with van der Waals surface area (Å²) in [5, 5.41) is 9.92. The van der Waals surface area contributed by atoms with Crippen molar-refractivity contribution in [3.63, 3.8) is 0 Å². The number of fused-ring (bicyclic) bond motifs is 1. The highest BCUT2D eigenvalue weighted by Crippen LogP contribution is 2.41. The van der Waals surface area contributed by atoms with Gasteiger partial charge in [0.1, 0.15) is 12.4 Å². The van der Waals surface area contributed by atoms with Gasteiger partial charge in [-0.25, -0.2) is 0 Å². The molecule has 1 heterocycles. The van der Waals surface area contributed by atoms with Crippen LogP contribution in [0.2, 0.25) is 0 Å². The number of ether oxygens (including phenoxy) is 3. The molecule has 0 saturated heterocycles. The Labute approximate surface area is 167 Å². The molecule has 0 aliphatic carbocycles. The first-order chi connectivity index (χ1) is 13.7. The van der Waals surface area contributed by atoms with Crippen LogP contribution in [0, 0.1) is 11.3 Å². The van der Waals surface area contributed by atoms with E-state index in [0.29, 0.717) is 13.2 Å². The molecule has 0 fully saturated rings. The highest BCUT2D eigenvalue weighted by atomic mass is 16.5. The Morgan fingerprint density at radius 3 is 2.64 bits per heavy atom. The molecule has 2 aromatic carbocycles. The number of nitriles is 1. The van der Waals surface area contributed by atoms with Gasteiger partial charge >= 0.3 is 0 Å². The first-order valence-electron chi connectivity index (χ1n) is 9.76. The molecule has 0 spiro atoms. The zero-order valence-corrected chi connectivity index (χ0v) is 16.7. The monoisotopic (exact) mass is 380 g/mol. The van der Waals surface area contributed by atoms with E-state index in [4.69, 9.17) is 14.2 Å². The van der Waals surface area contributed by atoms with Gasteiger partial charge in [0.2, 0.25) is 0 Å². The third kappa shape index (κ3) is 4.58. The second kappa shape index (κ2) is 9.48. The van der Waals surface area contributed by atoms with Crippen LogP contribution in [0.15, 0.2) is 48.5 Å². The quantitative estimate of drug-likeness (QED) is 0.657. The van der Waals surface area contributed by atoms with Crippen molar-refractivity contribution in [2.75, 3.05) is 40.5 Å². The van der Waals surface area contributed by atoms with E-state index in [1.54, 1.807) is 7.11 Å². The Hall–Kier alpha value is -2.71. The van der Waals surface area contributed by atoms with Crippen LogP contribution < -0.4 is 14.2 Å². The van der Waals surface area contributed by atoms with Crippen LogP contribution in [0.5, 0.6) is 17.2 Å². The standard InChI is InChI=1S/C23H28N2O3/c1-25(15-17-28-22-11-6-5-10-21(22)26-2)14-7-12-23(18-24)13-16-27-20-9-4-3-8-19(20)23/h3-6,8-11H,7,12-17H2,1-2H3. The van der Waals surface area contributed by atoms with E-state index >= 15 is 0 Å². The average molecular weight is 380 g/mol. The molecule has 1 unspecified atom stereocenters. The van der Waals surface area contributed by atoms with E-state index in [-0.39, 0.29) is 0 Å².